The molecule has 0 spiro atoms. The number of nitrogens with zero attached hydrogens (tertiary/aromatic N) is 8. The van der Waals surface area contributed by atoms with Crippen LogP contribution in [-0.4, -0.2) is 141 Å². The van der Waals surface area contributed by atoms with Crippen LogP contribution in [0.25, 0.3) is 0 Å². The summed E-state index contributed by atoms with van der Waals surface area (Å²) in [5.41, 5.74) is 0.662. The third-order valence-corrected chi connectivity index (χ3v) is 6.84. The number of hydrogen-bond acceptors (Lipinski definition) is 10. The van der Waals surface area contributed by atoms with Gasteiger partial charge in [-0.15, -0.1) is 0 Å². The Hall–Kier alpha value is -2.53. The minimum absolute atomic E-state index is 0. The van der Waals surface area contributed by atoms with E-state index < -0.39 is 11.9 Å². The van der Waals surface area contributed by atoms with E-state index in [9.17, 15) is 9.59 Å². The van der Waals surface area contributed by atoms with Crippen LogP contribution < -0.4 is 0 Å². The second-order valence-corrected chi connectivity index (χ2v) is 10.4. The Balaban J connectivity index is 0.000000187. The number of rotatable bonds is 2. The van der Waals surface area contributed by atoms with E-state index in [-0.39, 0.29) is 27.4 Å². The van der Waals surface area contributed by atoms with Crippen LogP contribution in [0.2, 0.25) is 0 Å². The quantitative estimate of drug-likeness (QED) is 0.307. The zero-order chi connectivity index (χ0) is 26.5. The molecule has 8 aliphatic heterocycles. The summed E-state index contributed by atoms with van der Waals surface area (Å²) in [6, 6.07) is 16.6. The third-order valence-electron chi connectivity index (χ3n) is 6.84. The van der Waals surface area contributed by atoms with Crippen LogP contribution in [0, 0.1) is 0 Å². The summed E-state index contributed by atoms with van der Waals surface area (Å²) < 4.78 is 0. The molecule has 0 aliphatic carbocycles. The molecule has 0 amide bonds. The normalized spacial score (nSPS) is 32.0. The average molecular weight is 621 g/mol. The Morgan fingerprint density at radius 3 is 0.707 bits per heavy atom. The van der Waals surface area contributed by atoms with E-state index in [4.69, 9.17) is 10.2 Å². The average Bonchev–Trinajstić information content (AvgIpc) is 2.89. The molecule has 228 valence electrons. The largest absolute Gasteiger partial charge is 2.00 e. The fraction of sp³-hybridized carbons (Fsp3) is 0.462. The number of aromatic carboxylic acids is 2. The van der Waals surface area contributed by atoms with Gasteiger partial charge in [0.25, 0.3) is 0 Å². The van der Waals surface area contributed by atoms with Crippen molar-refractivity contribution in [2.75, 3.05) is 80.0 Å². The smallest absolute Gasteiger partial charge is 0.478 e. The molecular weight excluding hydrogens is 579 g/mol. The molecule has 10 rings (SSSR count). The van der Waals surface area contributed by atoms with Crippen LogP contribution >= 0.6 is 0 Å². The van der Waals surface area contributed by atoms with Crippen molar-refractivity contribution >= 4 is 11.9 Å². The van der Waals surface area contributed by atoms with Crippen LogP contribution in [0.5, 0.6) is 0 Å². The van der Waals surface area contributed by atoms with Gasteiger partial charge in [0.2, 0.25) is 0 Å². The molecule has 8 saturated heterocycles. The van der Waals surface area contributed by atoms with Gasteiger partial charge in [-0.2, -0.15) is 0 Å². The molecule has 41 heavy (non-hydrogen) atoms. The Morgan fingerprint density at radius 1 is 0.415 bits per heavy atom. The molecular formula is C26H42N8NiO6+4. The maximum absolute atomic E-state index is 10.2. The molecule has 0 aromatic heterocycles. The molecule has 0 unspecified atom stereocenters. The maximum Gasteiger partial charge on any atom is 2.00 e. The summed E-state index contributed by atoms with van der Waals surface area (Å²) in [5, 5.41) is 16.8. The zero-order valence-electron chi connectivity index (χ0n) is 23.0. The van der Waals surface area contributed by atoms with Gasteiger partial charge in [-0.3, -0.25) is 39.2 Å². The van der Waals surface area contributed by atoms with E-state index in [1.807, 2.05) is 0 Å². The zero-order valence-corrected chi connectivity index (χ0v) is 24.0. The molecule has 8 bridgehead atoms. The third kappa shape index (κ3) is 9.77. The number of carbonyl (C=O) groups is 2. The summed E-state index contributed by atoms with van der Waals surface area (Å²) in [6.45, 7) is 14.2. The topological polar surface area (TPSA) is 167 Å². The van der Waals surface area contributed by atoms with Gasteiger partial charge in [0.05, 0.1) is 91.2 Å². The molecule has 8 heterocycles. The van der Waals surface area contributed by atoms with Gasteiger partial charge in [-0.25, -0.2) is 9.59 Å². The van der Waals surface area contributed by atoms with E-state index in [0.29, 0.717) is 11.1 Å². The van der Waals surface area contributed by atoms with Crippen LogP contribution in [0.4, 0.5) is 0 Å². The predicted octanol–water partition coefficient (Wildman–Crippen LogP) is -1.12. The molecule has 8 aliphatic rings. The number of carboxylic acids is 2. The van der Waals surface area contributed by atoms with Crippen molar-refractivity contribution in [3.8, 4) is 0 Å². The Kier molecular flexibility index (Phi) is 13.7. The van der Waals surface area contributed by atoms with Crippen molar-refractivity contribution in [2.45, 2.75) is 0 Å². The Labute approximate surface area is 250 Å². The van der Waals surface area contributed by atoms with Crippen LogP contribution in [0.15, 0.2) is 60.7 Å². The molecule has 0 atom stereocenters. The molecule has 2 aromatic rings. The van der Waals surface area contributed by atoms with Crippen molar-refractivity contribution in [3.63, 3.8) is 0 Å². The fourth-order valence-corrected chi connectivity index (χ4v) is 5.63. The summed E-state index contributed by atoms with van der Waals surface area (Å²) in [7, 11) is 0. The second-order valence-electron chi connectivity index (χ2n) is 10.4. The molecule has 0 radical (unpaired) electrons. The van der Waals surface area contributed by atoms with E-state index in [2.05, 4.69) is 39.2 Å². The van der Waals surface area contributed by atoms with Gasteiger partial charge in [-0.05, 0) is 24.3 Å². The van der Waals surface area contributed by atoms with Gasteiger partial charge in [0.15, 0.2) is 0 Å². The molecule has 8 N–H and O–H groups in total. The van der Waals surface area contributed by atoms with Crippen molar-refractivity contribution in [3.05, 3.63) is 71.8 Å². The van der Waals surface area contributed by atoms with Gasteiger partial charge >= 0.3 is 28.4 Å². The number of benzene rings is 2. The minimum atomic E-state index is -0.879. The van der Waals surface area contributed by atoms with Crippen molar-refractivity contribution < 1.29 is 47.2 Å². The van der Waals surface area contributed by atoms with Gasteiger partial charge in [0.1, 0.15) is 0 Å². The van der Waals surface area contributed by atoms with E-state index in [1.54, 1.807) is 60.7 Å². The SMILES string of the molecule is C1N2CN3CN1CN(C2)C3.C1N2CN3CN1CN(C2)C3.O=C(O)c1ccccc1.O=C(O)c1ccccc1.[Ni+2].[OH3+].[OH3+]. The van der Waals surface area contributed by atoms with Crippen LogP contribution in [0.3, 0.4) is 0 Å². The van der Waals surface area contributed by atoms with Gasteiger partial charge in [0, 0.05) is 0 Å². The summed E-state index contributed by atoms with van der Waals surface area (Å²) in [5.74, 6) is -1.76. The van der Waals surface area contributed by atoms with E-state index in [0.717, 1.165) is 0 Å². The van der Waals surface area contributed by atoms with E-state index in [1.165, 1.54) is 80.0 Å². The van der Waals surface area contributed by atoms with Crippen molar-refractivity contribution in [2.24, 2.45) is 0 Å². The van der Waals surface area contributed by atoms with Crippen LogP contribution in [0.1, 0.15) is 20.7 Å². The summed E-state index contributed by atoms with van der Waals surface area (Å²) >= 11 is 0. The number of hydrogen-bond donors (Lipinski definition) is 2. The monoisotopic (exact) mass is 620 g/mol. The Bertz CT molecular complexity index is 888. The molecule has 2 aromatic carbocycles. The standard InChI is InChI=1S/2C7H6O2.2C6H12N4.Ni.2H2O/c2*8-7(9)6-4-2-1-3-5-6;2*1-7-2-9-4-8(1)5-10(3-7)6-9;;;/h2*1-5H,(H,8,9);2*1-6H2;;2*1H2/q;;;;+2;;/p+2. The van der Waals surface area contributed by atoms with E-state index >= 15 is 0 Å². The summed E-state index contributed by atoms with van der Waals surface area (Å²) in [4.78, 5) is 40.2. The fourth-order valence-electron chi connectivity index (χ4n) is 5.63. The van der Waals surface area contributed by atoms with Crippen molar-refractivity contribution in [1.29, 1.82) is 0 Å². The predicted molar refractivity (Wildman–Crippen MR) is 150 cm³/mol. The van der Waals surface area contributed by atoms with Gasteiger partial charge in [-0.1, -0.05) is 36.4 Å². The molecule has 8 fully saturated rings. The minimum Gasteiger partial charge on any atom is -0.478 e. The first kappa shape index (κ1) is 34.7. The molecule has 15 heteroatoms. The van der Waals surface area contributed by atoms with Gasteiger partial charge < -0.3 is 21.2 Å². The number of carboxylic acid groups (broad SMARTS) is 2. The van der Waals surface area contributed by atoms with Crippen LogP contribution in [-0.2, 0) is 27.4 Å². The first-order valence-electron chi connectivity index (χ1n) is 12.8. The summed E-state index contributed by atoms with van der Waals surface area (Å²) in [6.07, 6.45) is 0. The maximum atomic E-state index is 10.2. The molecule has 0 saturated carbocycles. The van der Waals surface area contributed by atoms with Crippen molar-refractivity contribution in [1.82, 2.24) is 39.2 Å². The first-order valence-corrected chi connectivity index (χ1v) is 12.8. The Morgan fingerprint density at radius 2 is 0.585 bits per heavy atom. The second kappa shape index (κ2) is 16.2. The molecule has 14 nitrogen and oxygen atoms in total. The first-order chi connectivity index (χ1) is 18.4.